The van der Waals surface area contributed by atoms with Crippen molar-refractivity contribution in [2.24, 2.45) is 0 Å². The van der Waals surface area contributed by atoms with Crippen LogP contribution >= 0.6 is 7.82 Å². The minimum atomic E-state index is -4.74. The van der Waals surface area contributed by atoms with Gasteiger partial charge in [-0.15, -0.1) is 0 Å². The maximum atomic E-state index is 12.9. The van der Waals surface area contributed by atoms with Crippen LogP contribution in [0.3, 0.4) is 0 Å². The van der Waals surface area contributed by atoms with Crippen LogP contribution in [0.2, 0.25) is 0 Å². The summed E-state index contributed by atoms with van der Waals surface area (Å²) < 4.78 is 39.6. The zero-order chi connectivity index (χ0) is 52.7. The van der Waals surface area contributed by atoms with Crippen LogP contribution in [0.4, 0.5) is 0 Å². The highest BCUT2D eigenvalue weighted by Crippen LogP contribution is 2.43. The third-order valence-corrected chi connectivity index (χ3v) is 14.6. The van der Waals surface area contributed by atoms with Gasteiger partial charge in [0.25, 0.3) is 0 Å². The highest BCUT2D eigenvalue weighted by atomic mass is 31.2. The number of hydrogen-bond acceptors (Lipinski definition) is 10. The Kier molecular flexibility index (Phi) is 54.1. The number of carbonyl (C=O) groups excluding carboxylic acids is 3. The number of ether oxygens (including phenoxy) is 3. The van der Waals surface area contributed by atoms with E-state index in [0.29, 0.717) is 19.3 Å². The van der Waals surface area contributed by atoms with Crippen LogP contribution in [0.1, 0.15) is 316 Å². The summed E-state index contributed by atoms with van der Waals surface area (Å²) in [6.07, 6.45) is 54.6. The van der Waals surface area contributed by atoms with E-state index in [1.165, 1.54) is 180 Å². The van der Waals surface area contributed by atoms with E-state index in [1.807, 2.05) is 0 Å². The highest BCUT2D eigenvalue weighted by molar-refractivity contribution is 7.47. The lowest BCUT2D eigenvalue weighted by Crippen LogP contribution is -2.30. The Labute approximate surface area is 443 Å². The van der Waals surface area contributed by atoms with Gasteiger partial charge in [-0.3, -0.25) is 23.4 Å². The normalized spacial score (nSPS) is 13.3. The standard InChI is InChI=1S/C60H115O11P/c1-4-7-10-13-16-19-22-24-26-27-28-29-31-33-36-39-42-45-48-51-60(64)71-57(53-67-58(62)49-46-43-40-37-35-32-30-25-23-20-17-14-11-8-5-2)55-69-72(65,66)68-54-56(52-61)70-59(63)50-47-44-41-38-34-21-18-15-12-9-6-3/h15,18,56-57,61H,4-14,16-17,19-55H2,1-3H3,(H,65,66)/b18-15-. The first kappa shape index (κ1) is 70.2. The maximum absolute atomic E-state index is 12.9. The van der Waals surface area contributed by atoms with Crippen LogP contribution in [-0.4, -0.2) is 66.5 Å². The van der Waals surface area contributed by atoms with Gasteiger partial charge in [-0.1, -0.05) is 270 Å². The molecule has 3 atom stereocenters. The Bertz CT molecular complexity index is 1260. The van der Waals surface area contributed by atoms with Crippen molar-refractivity contribution in [3.63, 3.8) is 0 Å². The zero-order valence-electron chi connectivity index (χ0n) is 47.2. The maximum Gasteiger partial charge on any atom is 0.472 e. The summed E-state index contributed by atoms with van der Waals surface area (Å²) in [5.74, 6) is -1.44. The summed E-state index contributed by atoms with van der Waals surface area (Å²) in [5.41, 5.74) is 0. The van der Waals surface area contributed by atoms with E-state index in [9.17, 15) is 28.9 Å². The van der Waals surface area contributed by atoms with Crippen LogP contribution < -0.4 is 0 Å². The molecule has 426 valence electrons. The molecule has 0 aromatic carbocycles. The van der Waals surface area contributed by atoms with Crippen molar-refractivity contribution < 1.29 is 52.2 Å². The molecule has 0 heterocycles. The fourth-order valence-corrected chi connectivity index (χ4v) is 9.77. The fourth-order valence-electron chi connectivity index (χ4n) is 8.99. The van der Waals surface area contributed by atoms with Gasteiger partial charge in [-0.2, -0.15) is 0 Å². The minimum absolute atomic E-state index is 0.172. The number of esters is 3. The van der Waals surface area contributed by atoms with Gasteiger partial charge >= 0.3 is 25.7 Å². The molecule has 0 bridgehead atoms. The molecule has 0 fully saturated rings. The predicted octanol–water partition coefficient (Wildman–Crippen LogP) is 18.0. The van der Waals surface area contributed by atoms with E-state index in [1.54, 1.807) is 0 Å². The monoisotopic (exact) mass is 1040 g/mol. The van der Waals surface area contributed by atoms with Gasteiger partial charge in [0.2, 0.25) is 0 Å². The Morgan fingerprint density at radius 1 is 0.375 bits per heavy atom. The zero-order valence-corrected chi connectivity index (χ0v) is 48.1. The number of phosphoric ester groups is 1. The van der Waals surface area contributed by atoms with Gasteiger partial charge in [0.1, 0.15) is 12.7 Å². The largest absolute Gasteiger partial charge is 0.472 e. The average molecular weight is 1040 g/mol. The summed E-state index contributed by atoms with van der Waals surface area (Å²) in [6, 6.07) is 0. The van der Waals surface area contributed by atoms with Gasteiger partial charge in [0, 0.05) is 19.3 Å². The lowest BCUT2D eigenvalue weighted by Gasteiger charge is -2.21. The fraction of sp³-hybridized carbons (Fsp3) is 0.917. The second-order valence-electron chi connectivity index (χ2n) is 20.9. The van der Waals surface area contributed by atoms with Crippen molar-refractivity contribution in [1.82, 2.24) is 0 Å². The number of phosphoric acid groups is 1. The van der Waals surface area contributed by atoms with Crippen molar-refractivity contribution in [3.8, 4) is 0 Å². The molecule has 0 saturated carbocycles. The smallest absolute Gasteiger partial charge is 0.462 e. The van der Waals surface area contributed by atoms with E-state index in [0.717, 1.165) is 77.0 Å². The highest BCUT2D eigenvalue weighted by Gasteiger charge is 2.28. The Hall–Kier alpha value is -1.78. The van der Waals surface area contributed by atoms with Gasteiger partial charge in [0.05, 0.1) is 19.8 Å². The Morgan fingerprint density at radius 2 is 0.653 bits per heavy atom. The first-order valence-electron chi connectivity index (χ1n) is 30.6. The number of aliphatic hydroxyl groups is 1. The van der Waals surface area contributed by atoms with Gasteiger partial charge < -0.3 is 24.2 Å². The van der Waals surface area contributed by atoms with E-state index in [-0.39, 0.29) is 25.9 Å². The lowest BCUT2D eigenvalue weighted by atomic mass is 10.0. The summed E-state index contributed by atoms with van der Waals surface area (Å²) >= 11 is 0. The molecule has 0 aromatic heterocycles. The number of aliphatic hydroxyl groups excluding tert-OH is 1. The molecular formula is C60H115O11P. The Morgan fingerprint density at radius 3 is 1.00 bits per heavy atom. The van der Waals surface area contributed by atoms with E-state index < -0.39 is 57.8 Å². The quantitative estimate of drug-likeness (QED) is 0.0197. The van der Waals surface area contributed by atoms with E-state index >= 15 is 0 Å². The van der Waals surface area contributed by atoms with Crippen molar-refractivity contribution in [2.45, 2.75) is 328 Å². The first-order valence-corrected chi connectivity index (χ1v) is 32.1. The van der Waals surface area contributed by atoms with Crippen molar-refractivity contribution in [2.75, 3.05) is 26.4 Å². The van der Waals surface area contributed by atoms with Crippen molar-refractivity contribution >= 4 is 25.7 Å². The summed E-state index contributed by atoms with van der Waals surface area (Å²) in [5, 5.41) is 9.80. The summed E-state index contributed by atoms with van der Waals surface area (Å²) in [6.45, 7) is 4.67. The van der Waals surface area contributed by atoms with Crippen LogP contribution in [0.15, 0.2) is 12.2 Å². The lowest BCUT2D eigenvalue weighted by molar-refractivity contribution is -0.161. The number of allylic oxidation sites excluding steroid dienone is 2. The predicted molar refractivity (Wildman–Crippen MR) is 298 cm³/mol. The van der Waals surface area contributed by atoms with Gasteiger partial charge in [-0.05, 0) is 38.5 Å². The molecule has 0 aliphatic carbocycles. The first-order chi connectivity index (χ1) is 35.2. The second-order valence-corrected chi connectivity index (χ2v) is 22.3. The molecule has 0 spiro atoms. The molecule has 0 radical (unpaired) electrons. The molecule has 0 aromatic rings. The number of unbranched alkanes of at least 4 members (excludes halogenated alkanes) is 39. The van der Waals surface area contributed by atoms with E-state index in [4.69, 9.17) is 23.3 Å². The van der Waals surface area contributed by atoms with Crippen LogP contribution in [0, 0.1) is 0 Å². The van der Waals surface area contributed by atoms with Crippen molar-refractivity contribution in [3.05, 3.63) is 12.2 Å². The van der Waals surface area contributed by atoms with Crippen LogP contribution in [0.5, 0.6) is 0 Å². The number of hydrogen-bond donors (Lipinski definition) is 2. The number of carbonyl (C=O) groups is 3. The molecule has 0 amide bonds. The summed E-state index contributed by atoms with van der Waals surface area (Å²) in [7, 11) is -4.74. The molecular weight excluding hydrogens is 928 g/mol. The van der Waals surface area contributed by atoms with Gasteiger partial charge in [-0.25, -0.2) is 4.57 Å². The molecule has 12 heteroatoms. The van der Waals surface area contributed by atoms with Gasteiger partial charge in [0.15, 0.2) is 6.10 Å². The second kappa shape index (κ2) is 55.5. The Balaban J connectivity index is 4.65. The molecule has 2 N–H and O–H groups in total. The van der Waals surface area contributed by atoms with E-state index in [2.05, 4.69) is 32.9 Å². The molecule has 11 nitrogen and oxygen atoms in total. The van der Waals surface area contributed by atoms with Crippen LogP contribution in [0.25, 0.3) is 0 Å². The van der Waals surface area contributed by atoms with Crippen molar-refractivity contribution in [1.29, 1.82) is 0 Å². The third kappa shape index (κ3) is 53.1. The van der Waals surface area contributed by atoms with Crippen LogP contribution in [-0.2, 0) is 42.2 Å². The molecule has 3 unspecified atom stereocenters. The SMILES string of the molecule is CCCC/C=C\CCCCCCCC(=O)OC(CO)COP(=O)(O)OCC(COC(=O)CCCCCCCCCCCCCCCCC)OC(=O)CCCCCCCCCCCCCCCCCCCCC. The minimum Gasteiger partial charge on any atom is -0.462 e. The molecule has 0 aliphatic heterocycles. The summed E-state index contributed by atoms with van der Waals surface area (Å²) in [4.78, 5) is 48.5. The topological polar surface area (TPSA) is 155 Å². The third-order valence-electron chi connectivity index (χ3n) is 13.7. The molecule has 0 aliphatic rings. The molecule has 0 saturated heterocycles. The number of rotatable bonds is 58. The molecule has 72 heavy (non-hydrogen) atoms. The molecule has 0 rings (SSSR count). The average Bonchev–Trinajstić information content (AvgIpc) is 3.37.